The van der Waals surface area contributed by atoms with Crippen molar-refractivity contribution >= 4 is 50.7 Å². The number of hydrogen-bond acceptors (Lipinski definition) is 4. The summed E-state index contributed by atoms with van der Waals surface area (Å²) < 4.78 is 26.5. The van der Waals surface area contributed by atoms with Crippen LogP contribution in [0.5, 0.6) is 0 Å². The second kappa shape index (κ2) is 13.5. The van der Waals surface area contributed by atoms with E-state index in [2.05, 4.69) is 5.32 Å². The van der Waals surface area contributed by atoms with E-state index in [-0.39, 0.29) is 43.7 Å². The van der Waals surface area contributed by atoms with Crippen LogP contribution in [0.25, 0.3) is 0 Å². The van der Waals surface area contributed by atoms with Gasteiger partial charge in [0.2, 0.25) is 21.8 Å². The molecule has 0 heterocycles. The van der Waals surface area contributed by atoms with E-state index in [4.69, 9.17) is 23.2 Å². The number of rotatable bonds is 12. The van der Waals surface area contributed by atoms with Crippen molar-refractivity contribution in [1.29, 1.82) is 0 Å². The van der Waals surface area contributed by atoms with E-state index in [1.165, 1.54) is 9.21 Å². The molecular weight excluding hydrogens is 533 g/mol. The van der Waals surface area contributed by atoms with Gasteiger partial charge in [-0.05, 0) is 62.4 Å². The predicted molar refractivity (Wildman–Crippen MR) is 152 cm³/mol. The number of sulfonamides is 1. The molecule has 37 heavy (non-hydrogen) atoms. The lowest BCUT2D eigenvalue weighted by Gasteiger charge is -2.30. The normalized spacial score (nSPS) is 12.4. The van der Waals surface area contributed by atoms with Gasteiger partial charge in [-0.25, -0.2) is 8.42 Å². The summed E-state index contributed by atoms with van der Waals surface area (Å²) in [6.45, 7) is 10.1. The molecule has 0 aromatic heterocycles. The number of carbonyl (C=O) groups is 2. The number of benzene rings is 2. The molecule has 2 rings (SSSR count). The maximum Gasteiger partial charge on any atom is 0.242 e. The fourth-order valence-corrected chi connectivity index (χ4v) is 5.39. The highest BCUT2D eigenvalue weighted by atomic mass is 35.5. The maximum atomic E-state index is 13.4. The molecule has 204 valence electrons. The lowest BCUT2D eigenvalue weighted by molar-refractivity contribution is -0.140. The summed E-state index contributed by atoms with van der Waals surface area (Å²) in [4.78, 5) is 27.7. The first kappa shape index (κ1) is 30.9. The molecule has 1 N–H and O–H groups in total. The van der Waals surface area contributed by atoms with Gasteiger partial charge in [0.05, 0.1) is 11.9 Å². The van der Waals surface area contributed by atoms with Crippen LogP contribution in [0, 0.1) is 19.8 Å². The van der Waals surface area contributed by atoms with E-state index in [1.807, 2.05) is 45.9 Å². The van der Waals surface area contributed by atoms with Crippen LogP contribution in [0.15, 0.2) is 36.4 Å². The Kier molecular flexibility index (Phi) is 11.3. The number of anilines is 1. The van der Waals surface area contributed by atoms with E-state index >= 15 is 0 Å². The molecule has 0 aliphatic heterocycles. The number of aryl methyl sites for hydroxylation is 2. The van der Waals surface area contributed by atoms with Gasteiger partial charge < -0.3 is 10.2 Å². The Hall–Kier alpha value is -2.29. The zero-order valence-electron chi connectivity index (χ0n) is 22.3. The number of amides is 2. The van der Waals surface area contributed by atoms with Crippen molar-refractivity contribution in [3.8, 4) is 0 Å². The first-order valence-corrected chi connectivity index (χ1v) is 14.9. The van der Waals surface area contributed by atoms with Crippen molar-refractivity contribution in [2.45, 2.75) is 60.0 Å². The maximum absolute atomic E-state index is 13.4. The van der Waals surface area contributed by atoms with Gasteiger partial charge in [0, 0.05) is 41.7 Å². The third kappa shape index (κ3) is 8.90. The lowest BCUT2D eigenvalue weighted by atomic mass is 10.1. The molecule has 0 spiro atoms. The van der Waals surface area contributed by atoms with Crippen molar-refractivity contribution in [3.63, 3.8) is 0 Å². The van der Waals surface area contributed by atoms with Gasteiger partial charge in [0.1, 0.15) is 6.04 Å². The molecule has 0 unspecified atom stereocenters. The summed E-state index contributed by atoms with van der Waals surface area (Å²) in [5.74, 6) is -0.318. The largest absolute Gasteiger partial charge is 0.354 e. The fraction of sp³-hybridized carbons (Fsp3) is 0.481. The minimum Gasteiger partial charge on any atom is -0.354 e. The van der Waals surface area contributed by atoms with Gasteiger partial charge in [-0.15, -0.1) is 0 Å². The predicted octanol–water partition coefficient (Wildman–Crippen LogP) is 5.35. The summed E-state index contributed by atoms with van der Waals surface area (Å²) in [7, 11) is -3.57. The summed E-state index contributed by atoms with van der Waals surface area (Å²) in [5.41, 5.74) is 2.91. The average molecular weight is 571 g/mol. The van der Waals surface area contributed by atoms with Gasteiger partial charge in [0.25, 0.3) is 0 Å². The second-order valence-corrected chi connectivity index (χ2v) is 12.5. The zero-order valence-corrected chi connectivity index (χ0v) is 24.7. The van der Waals surface area contributed by atoms with Crippen molar-refractivity contribution in [2.24, 2.45) is 5.92 Å². The van der Waals surface area contributed by atoms with E-state index in [0.29, 0.717) is 27.8 Å². The fourth-order valence-electron chi connectivity index (χ4n) is 3.86. The quantitative estimate of drug-likeness (QED) is 0.373. The smallest absolute Gasteiger partial charge is 0.242 e. The molecule has 2 amide bonds. The highest BCUT2D eigenvalue weighted by Gasteiger charge is 2.28. The molecule has 10 heteroatoms. The van der Waals surface area contributed by atoms with Crippen LogP contribution in [-0.2, 0) is 26.2 Å². The van der Waals surface area contributed by atoms with E-state index in [9.17, 15) is 18.0 Å². The van der Waals surface area contributed by atoms with Crippen LogP contribution >= 0.6 is 23.2 Å². The van der Waals surface area contributed by atoms with Crippen molar-refractivity contribution in [3.05, 3.63) is 63.1 Å². The third-order valence-electron chi connectivity index (χ3n) is 6.03. The Morgan fingerprint density at radius 3 is 2.22 bits per heavy atom. The Bertz CT molecular complexity index is 1200. The first-order chi connectivity index (χ1) is 17.2. The molecular formula is C27H37Cl2N3O4S. The molecule has 0 aliphatic carbocycles. The lowest BCUT2D eigenvalue weighted by Crippen LogP contribution is -2.48. The average Bonchev–Trinajstić information content (AvgIpc) is 2.80. The van der Waals surface area contributed by atoms with Crippen LogP contribution in [-0.4, -0.2) is 50.5 Å². The summed E-state index contributed by atoms with van der Waals surface area (Å²) in [5, 5.41) is 3.68. The SMILES string of the molecule is Cc1ccc(C)c(N(CCCC(=O)N(Cc2c(Cl)cccc2Cl)[C@H](C)C(=O)NCC(C)C)S(C)(=O)=O)c1. The number of nitrogens with zero attached hydrogens (tertiary/aromatic N) is 2. The van der Waals surface area contributed by atoms with Gasteiger partial charge in [0.15, 0.2) is 0 Å². The summed E-state index contributed by atoms with van der Waals surface area (Å²) >= 11 is 12.7. The van der Waals surface area contributed by atoms with Crippen molar-refractivity contribution in [1.82, 2.24) is 10.2 Å². The molecule has 2 aromatic carbocycles. The van der Waals surface area contributed by atoms with Crippen LogP contribution in [0.1, 0.15) is 50.3 Å². The number of hydrogen-bond donors (Lipinski definition) is 1. The third-order valence-corrected chi connectivity index (χ3v) is 7.92. The molecule has 0 saturated carbocycles. The van der Waals surface area contributed by atoms with E-state index in [0.717, 1.165) is 17.4 Å². The molecule has 0 fully saturated rings. The molecule has 0 aliphatic rings. The monoisotopic (exact) mass is 569 g/mol. The molecule has 2 aromatic rings. The number of carbonyl (C=O) groups excluding carboxylic acids is 2. The highest BCUT2D eigenvalue weighted by molar-refractivity contribution is 7.92. The molecule has 7 nitrogen and oxygen atoms in total. The minimum atomic E-state index is -3.57. The summed E-state index contributed by atoms with van der Waals surface area (Å²) in [6, 6.07) is 9.93. The molecule has 1 atom stereocenters. The van der Waals surface area contributed by atoms with Crippen LogP contribution in [0.3, 0.4) is 0 Å². The number of nitrogens with one attached hydrogen (secondary N) is 1. The minimum absolute atomic E-state index is 0.0424. The van der Waals surface area contributed by atoms with Gasteiger partial charge in [-0.1, -0.05) is 55.2 Å². The van der Waals surface area contributed by atoms with Crippen LogP contribution in [0.2, 0.25) is 10.0 Å². The van der Waals surface area contributed by atoms with Gasteiger partial charge >= 0.3 is 0 Å². The topological polar surface area (TPSA) is 86.8 Å². The van der Waals surface area contributed by atoms with Crippen LogP contribution < -0.4 is 9.62 Å². The zero-order chi connectivity index (χ0) is 27.9. The second-order valence-electron chi connectivity index (χ2n) is 9.77. The first-order valence-electron chi connectivity index (χ1n) is 12.3. The Balaban J connectivity index is 2.25. The standard InChI is InChI=1S/C27H37Cl2N3O4S/c1-18(2)16-30-27(34)21(5)31(17-22-23(28)9-7-10-24(22)29)26(33)11-8-14-32(37(6,35)36)25-15-19(3)12-13-20(25)4/h7,9-10,12-13,15,18,21H,8,11,14,16-17H2,1-6H3,(H,30,34)/t21-/m1/s1. The molecule has 0 radical (unpaired) electrons. The highest BCUT2D eigenvalue weighted by Crippen LogP contribution is 2.28. The van der Waals surface area contributed by atoms with E-state index in [1.54, 1.807) is 25.1 Å². The number of halogens is 2. The Morgan fingerprint density at radius 1 is 1.03 bits per heavy atom. The molecule has 0 saturated heterocycles. The van der Waals surface area contributed by atoms with Crippen molar-refractivity contribution < 1.29 is 18.0 Å². The molecule has 0 bridgehead atoms. The van der Waals surface area contributed by atoms with Gasteiger partial charge in [-0.2, -0.15) is 0 Å². The Morgan fingerprint density at radius 2 is 1.65 bits per heavy atom. The Labute approximate surface area is 231 Å². The van der Waals surface area contributed by atoms with E-state index < -0.39 is 16.1 Å². The van der Waals surface area contributed by atoms with Gasteiger partial charge in [-0.3, -0.25) is 13.9 Å². The summed E-state index contributed by atoms with van der Waals surface area (Å²) in [6.07, 6.45) is 1.47. The van der Waals surface area contributed by atoms with Crippen LogP contribution in [0.4, 0.5) is 5.69 Å². The van der Waals surface area contributed by atoms with Crippen molar-refractivity contribution in [2.75, 3.05) is 23.7 Å².